The first-order valence-corrected chi connectivity index (χ1v) is 9.69. The zero-order valence-electron chi connectivity index (χ0n) is 16.7. The number of carbonyl (C=O) groups excluding carboxylic acids is 3. The van der Waals surface area contributed by atoms with Crippen molar-refractivity contribution in [2.75, 3.05) is 10.6 Å². The van der Waals surface area contributed by atoms with E-state index in [-0.39, 0.29) is 28.6 Å². The van der Waals surface area contributed by atoms with E-state index in [1.54, 1.807) is 6.92 Å². The van der Waals surface area contributed by atoms with Crippen molar-refractivity contribution in [3.8, 4) is 0 Å². The van der Waals surface area contributed by atoms with Gasteiger partial charge in [0, 0.05) is 11.2 Å². The molecule has 1 aromatic heterocycles. The van der Waals surface area contributed by atoms with Crippen LogP contribution in [0, 0.1) is 5.82 Å². The third-order valence-electron chi connectivity index (χ3n) is 3.98. The van der Waals surface area contributed by atoms with Crippen LogP contribution in [-0.2, 0) is 4.79 Å². The molecule has 5 N–H and O–H groups in total. The lowest BCUT2D eigenvalue weighted by Crippen LogP contribution is -2.54. The fourth-order valence-electron chi connectivity index (χ4n) is 2.72. The van der Waals surface area contributed by atoms with Crippen LogP contribution in [0.15, 0.2) is 24.3 Å². The lowest BCUT2D eigenvalue weighted by Gasteiger charge is -2.32. The normalized spacial score (nSPS) is 12.3. The number of nitrogens with two attached hydrogens (primary N) is 2. The Labute approximate surface area is 172 Å². The molecule has 156 valence electrons. The van der Waals surface area contributed by atoms with Gasteiger partial charge in [0.2, 0.25) is 5.91 Å². The molecule has 0 aliphatic heterocycles. The Bertz CT molecular complexity index is 921. The number of rotatable bonds is 6. The van der Waals surface area contributed by atoms with Crippen LogP contribution < -0.4 is 21.7 Å². The number of benzene rings is 1. The second-order valence-electron chi connectivity index (χ2n) is 7.45. The van der Waals surface area contributed by atoms with Gasteiger partial charge in [-0.1, -0.05) is 6.92 Å². The van der Waals surface area contributed by atoms with E-state index in [2.05, 4.69) is 9.69 Å². The van der Waals surface area contributed by atoms with Gasteiger partial charge in [0.1, 0.15) is 16.7 Å². The number of nitrogen functional groups attached to an aromatic ring is 1. The van der Waals surface area contributed by atoms with Crippen molar-refractivity contribution < 1.29 is 18.8 Å². The first-order chi connectivity index (χ1) is 13.5. The van der Waals surface area contributed by atoms with Crippen LogP contribution in [0.25, 0.3) is 0 Å². The first kappa shape index (κ1) is 22.3. The highest BCUT2D eigenvalue weighted by molar-refractivity contribution is 7.09. The van der Waals surface area contributed by atoms with E-state index in [0.29, 0.717) is 5.69 Å². The first-order valence-electron chi connectivity index (χ1n) is 8.92. The molecule has 2 aromatic rings. The van der Waals surface area contributed by atoms with Crippen LogP contribution in [0.4, 0.5) is 15.8 Å². The Morgan fingerprint density at radius 3 is 2.28 bits per heavy atom. The Balaban J connectivity index is 2.55. The van der Waals surface area contributed by atoms with Crippen molar-refractivity contribution in [2.24, 2.45) is 5.73 Å². The lowest BCUT2D eigenvalue weighted by atomic mass is 10.1. The summed E-state index contributed by atoms with van der Waals surface area (Å²) in [5.74, 6) is -2.35. The fraction of sp³-hybridized carbons (Fsp3) is 0.368. The summed E-state index contributed by atoms with van der Waals surface area (Å²) in [4.78, 5) is 38.9. The second-order valence-corrected chi connectivity index (χ2v) is 8.23. The maximum atomic E-state index is 13.4. The van der Waals surface area contributed by atoms with E-state index in [1.807, 2.05) is 20.8 Å². The Morgan fingerprint density at radius 1 is 1.24 bits per heavy atom. The molecule has 3 amide bonds. The summed E-state index contributed by atoms with van der Waals surface area (Å²) in [5, 5.41) is 2.85. The van der Waals surface area contributed by atoms with Gasteiger partial charge in [-0.15, -0.1) is 0 Å². The average molecular weight is 421 g/mol. The molecule has 1 heterocycles. The van der Waals surface area contributed by atoms with E-state index < -0.39 is 29.2 Å². The number of hydrogen-bond acceptors (Lipinski definition) is 6. The summed E-state index contributed by atoms with van der Waals surface area (Å²) < 4.78 is 17.3. The molecule has 0 bridgehead atoms. The smallest absolute Gasteiger partial charge is 0.272 e. The van der Waals surface area contributed by atoms with Gasteiger partial charge >= 0.3 is 0 Å². The van der Waals surface area contributed by atoms with Crippen LogP contribution in [0.2, 0.25) is 0 Å². The highest BCUT2D eigenvalue weighted by Crippen LogP contribution is 2.28. The van der Waals surface area contributed by atoms with E-state index in [1.165, 1.54) is 29.2 Å². The molecule has 0 aliphatic carbocycles. The van der Waals surface area contributed by atoms with Crippen molar-refractivity contribution in [3.63, 3.8) is 0 Å². The van der Waals surface area contributed by atoms with Gasteiger partial charge in [-0.25, -0.2) is 4.39 Å². The predicted molar refractivity (Wildman–Crippen MR) is 110 cm³/mol. The van der Waals surface area contributed by atoms with Gasteiger partial charge in [0.05, 0.1) is 5.69 Å². The van der Waals surface area contributed by atoms with Crippen molar-refractivity contribution in [2.45, 2.75) is 45.7 Å². The highest BCUT2D eigenvalue weighted by Gasteiger charge is 2.34. The highest BCUT2D eigenvalue weighted by atomic mass is 32.1. The monoisotopic (exact) mass is 421 g/mol. The molecule has 0 saturated carbocycles. The number of primary amides is 1. The number of hydrogen-bond donors (Lipinski definition) is 3. The van der Waals surface area contributed by atoms with Crippen LogP contribution in [-0.4, -0.2) is 33.7 Å². The molecule has 0 radical (unpaired) electrons. The van der Waals surface area contributed by atoms with Gasteiger partial charge < -0.3 is 16.8 Å². The van der Waals surface area contributed by atoms with Gasteiger partial charge in [0.15, 0.2) is 5.69 Å². The minimum Gasteiger partial charge on any atom is -0.395 e. The molecule has 10 heteroatoms. The molecule has 0 spiro atoms. The number of carbonyl (C=O) groups is 3. The standard InChI is InChI=1S/C19H24FN5O3S/c1-5-12(17(27)23-19(2,3)4)25(11-8-6-10(20)7-9-11)18(28)15-13(21)14(16(22)26)24-29-15/h6-9,12H,5,21H2,1-4H3,(H2,22,26)(H,23,27)/t12-/m0/s1. The SMILES string of the molecule is CC[C@@H](C(=O)NC(C)(C)C)N(C(=O)c1snc(C(N)=O)c1N)c1ccc(F)cc1. The topological polar surface area (TPSA) is 131 Å². The number of anilines is 2. The summed E-state index contributed by atoms with van der Waals surface area (Å²) in [6.45, 7) is 7.22. The van der Waals surface area contributed by atoms with Crippen molar-refractivity contribution in [3.05, 3.63) is 40.7 Å². The molecular formula is C19H24FN5O3S. The van der Waals surface area contributed by atoms with Gasteiger partial charge in [-0.05, 0) is 63.0 Å². The number of halogens is 1. The molecule has 1 aromatic carbocycles. The van der Waals surface area contributed by atoms with E-state index >= 15 is 0 Å². The molecule has 0 aliphatic rings. The Morgan fingerprint density at radius 2 is 1.83 bits per heavy atom. The number of nitrogens with zero attached hydrogens (tertiary/aromatic N) is 2. The van der Waals surface area contributed by atoms with Gasteiger partial charge in [-0.2, -0.15) is 4.37 Å². The molecule has 0 fully saturated rings. The van der Waals surface area contributed by atoms with Crippen LogP contribution in [0.3, 0.4) is 0 Å². The molecule has 1 atom stereocenters. The van der Waals surface area contributed by atoms with Crippen LogP contribution in [0.5, 0.6) is 0 Å². The summed E-state index contributed by atoms with van der Waals surface area (Å²) in [6.07, 6.45) is 0.284. The maximum Gasteiger partial charge on any atom is 0.272 e. The number of amides is 3. The third kappa shape index (κ3) is 5.08. The molecule has 0 unspecified atom stereocenters. The van der Waals surface area contributed by atoms with Crippen LogP contribution in [0.1, 0.15) is 54.3 Å². The van der Waals surface area contributed by atoms with Crippen molar-refractivity contribution in [1.29, 1.82) is 0 Å². The Hall–Kier alpha value is -3.01. The van der Waals surface area contributed by atoms with Crippen molar-refractivity contribution in [1.82, 2.24) is 9.69 Å². The summed E-state index contributed by atoms with van der Waals surface area (Å²) in [5.41, 5.74) is 10.6. The summed E-state index contributed by atoms with van der Waals surface area (Å²) in [6, 6.07) is 4.27. The molecule has 29 heavy (non-hydrogen) atoms. The second kappa shape index (κ2) is 8.56. The Kier molecular flexibility index (Phi) is 6.58. The summed E-state index contributed by atoms with van der Waals surface area (Å²) in [7, 11) is 0. The number of aromatic nitrogens is 1. The van der Waals surface area contributed by atoms with E-state index in [9.17, 15) is 18.8 Å². The predicted octanol–water partition coefficient (Wildman–Crippen LogP) is 2.30. The quantitative estimate of drug-likeness (QED) is 0.659. The minimum atomic E-state index is -0.897. The molecule has 0 saturated heterocycles. The minimum absolute atomic E-state index is 0.0230. The van der Waals surface area contributed by atoms with E-state index in [4.69, 9.17) is 11.5 Å². The zero-order chi connectivity index (χ0) is 21.9. The summed E-state index contributed by atoms with van der Waals surface area (Å²) >= 11 is 0.719. The fourth-order valence-corrected chi connectivity index (χ4v) is 3.46. The van der Waals surface area contributed by atoms with Crippen LogP contribution >= 0.6 is 11.5 Å². The van der Waals surface area contributed by atoms with Gasteiger partial charge in [-0.3, -0.25) is 19.3 Å². The number of nitrogens with one attached hydrogen (secondary N) is 1. The zero-order valence-corrected chi connectivity index (χ0v) is 17.5. The molecule has 2 rings (SSSR count). The molecular weight excluding hydrogens is 397 g/mol. The third-order valence-corrected chi connectivity index (χ3v) is 4.83. The maximum absolute atomic E-state index is 13.4. The van der Waals surface area contributed by atoms with Gasteiger partial charge in [0.25, 0.3) is 11.8 Å². The van der Waals surface area contributed by atoms with E-state index in [0.717, 1.165) is 11.5 Å². The lowest BCUT2D eigenvalue weighted by molar-refractivity contribution is -0.123. The molecule has 8 nitrogen and oxygen atoms in total. The largest absolute Gasteiger partial charge is 0.395 e. The average Bonchev–Trinajstić information content (AvgIpc) is 3.00. The van der Waals surface area contributed by atoms with Crippen molar-refractivity contribution >= 4 is 40.6 Å².